The number of carbonyl (C=O) groups is 1. The van der Waals surface area contributed by atoms with Gasteiger partial charge in [0.2, 0.25) is 0 Å². The number of para-hydroxylation sites is 1. The Morgan fingerprint density at radius 3 is 3.00 bits per heavy atom. The van der Waals surface area contributed by atoms with Crippen LogP contribution in [-0.4, -0.2) is 39.9 Å². The van der Waals surface area contributed by atoms with Gasteiger partial charge in [-0.1, -0.05) is 23.5 Å². The smallest absolute Gasteiger partial charge is 0.278 e. The van der Waals surface area contributed by atoms with Crippen molar-refractivity contribution < 1.29 is 9.53 Å². The highest BCUT2D eigenvalue weighted by Gasteiger charge is 2.29. The van der Waals surface area contributed by atoms with Gasteiger partial charge in [0.1, 0.15) is 5.69 Å². The molecule has 0 N–H and O–H groups in total. The van der Waals surface area contributed by atoms with Crippen LogP contribution in [-0.2, 0) is 11.3 Å². The van der Waals surface area contributed by atoms with Crippen molar-refractivity contribution in [2.75, 3.05) is 18.1 Å². The topological polar surface area (TPSA) is 60.2 Å². The molecule has 1 aliphatic heterocycles. The molecule has 1 amide bonds. The molecule has 1 saturated heterocycles. The van der Waals surface area contributed by atoms with E-state index in [1.807, 2.05) is 44.2 Å². The third-order valence-corrected chi connectivity index (χ3v) is 5.65. The first-order chi connectivity index (χ1) is 12.7. The summed E-state index contributed by atoms with van der Waals surface area (Å²) >= 11 is 1.54. The summed E-state index contributed by atoms with van der Waals surface area (Å²) in [5.41, 5.74) is 2.36. The molecule has 1 fully saturated rings. The first-order valence-corrected chi connectivity index (χ1v) is 9.81. The summed E-state index contributed by atoms with van der Waals surface area (Å²) in [6, 6.07) is 9.82. The number of fused-ring (bicyclic) bond motifs is 1. The molecule has 26 heavy (non-hydrogen) atoms. The van der Waals surface area contributed by atoms with E-state index in [9.17, 15) is 4.79 Å². The number of thiazole rings is 1. The van der Waals surface area contributed by atoms with Crippen LogP contribution in [0.25, 0.3) is 10.2 Å². The number of aryl methyl sites for hydroxylation is 2. The van der Waals surface area contributed by atoms with Crippen molar-refractivity contribution in [3.8, 4) is 0 Å². The van der Waals surface area contributed by atoms with E-state index < -0.39 is 0 Å². The molecular weight excluding hydrogens is 348 g/mol. The Bertz CT molecular complexity index is 894. The summed E-state index contributed by atoms with van der Waals surface area (Å²) < 4.78 is 8.62. The Morgan fingerprint density at radius 1 is 1.42 bits per heavy atom. The highest BCUT2D eigenvalue weighted by molar-refractivity contribution is 7.22. The lowest BCUT2D eigenvalue weighted by molar-refractivity contribution is 0.0908. The molecule has 1 atom stereocenters. The number of nitrogens with zero attached hydrogens (tertiary/aromatic N) is 4. The first kappa shape index (κ1) is 17.2. The number of amides is 1. The van der Waals surface area contributed by atoms with Crippen LogP contribution in [0.15, 0.2) is 30.3 Å². The zero-order valence-electron chi connectivity index (χ0n) is 15.0. The van der Waals surface area contributed by atoms with E-state index in [1.54, 1.807) is 20.9 Å². The van der Waals surface area contributed by atoms with Gasteiger partial charge < -0.3 is 4.74 Å². The van der Waals surface area contributed by atoms with Crippen LogP contribution in [0.4, 0.5) is 5.13 Å². The van der Waals surface area contributed by atoms with Crippen LogP contribution in [0.1, 0.15) is 35.9 Å². The second-order valence-corrected chi connectivity index (χ2v) is 7.51. The Balaban J connectivity index is 1.72. The Morgan fingerprint density at radius 2 is 2.27 bits per heavy atom. The summed E-state index contributed by atoms with van der Waals surface area (Å²) in [7, 11) is 0. The molecule has 7 heteroatoms. The number of aromatic nitrogens is 3. The Hall–Kier alpha value is -2.25. The minimum Gasteiger partial charge on any atom is -0.376 e. The number of ether oxygens (including phenoxy) is 1. The zero-order chi connectivity index (χ0) is 18.1. The van der Waals surface area contributed by atoms with E-state index in [1.165, 1.54) is 0 Å². The van der Waals surface area contributed by atoms with Gasteiger partial charge in [-0.3, -0.25) is 14.4 Å². The molecule has 0 aliphatic carbocycles. The van der Waals surface area contributed by atoms with Gasteiger partial charge in [-0.05, 0) is 44.9 Å². The maximum Gasteiger partial charge on any atom is 0.278 e. The van der Waals surface area contributed by atoms with Crippen molar-refractivity contribution in [1.82, 2.24) is 14.8 Å². The third kappa shape index (κ3) is 3.24. The molecular formula is C19H22N4O2S. The summed E-state index contributed by atoms with van der Waals surface area (Å²) in [4.78, 5) is 19.8. The first-order valence-electron chi connectivity index (χ1n) is 8.99. The average Bonchev–Trinajstić information content (AvgIpc) is 3.37. The summed E-state index contributed by atoms with van der Waals surface area (Å²) in [5.74, 6) is -0.0676. The van der Waals surface area contributed by atoms with Crippen LogP contribution >= 0.6 is 11.3 Å². The van der Waals surface area contributed by atoms with Crippen LogP contribution in [0.2, 0.25) is 0 Å². The highest BCUT2D eigenvalue weighted by atomic mass is 32.1. The minimum absolute atomic E-state index is 0.0602. The van der Waals surface area contributed by atoms with Gasteiger partial charge >= 0.3 is 0 Å². The largest absolute Gasteiger partial charge is 0.376 e. The monoisotopic (exact) mass is 370 g/mol. The van der Waals surface area contributed by atoms with E-state index >= 15 is 0 Å². The van der Waals surface area contributed by atoms with E-state index in [-0.39, 0.29) is 12.0 Å². The number of hydrogen-bond acceptors (Lipinski definition) is 5. The van der Waals surface area contributed by atoms with Gasteiger partial charge in [-0.25, -0.2) is 4.98 Å². The normalized spacial score (nSPS) is 17.1. The van der Waals surface area contributed by atoms with E-state index in [0.717, 1.165) is 35.4 Å². The summed E-state index contributed by atoms with van der Waals surface area (Å²) in [6.45, 7) is 5.84. The fourth-order valence-corrected chi connectivity index (χ4v) is 4.29. The minimum atomic E-state index is -0.0676. The van der Waals surface area contributed by atoms with Crippen molar-refractivity contribution in [3.63, 3.8) is 0 Å². The predicted octanol–water partition coefficient (Wildman–Crippen LogP) is 3.65. The molecule has 2 aromatic heterocycles. The molecule has 6 nitrogen and oxygen atoms in total. The lowest BCUT2D eigenvalue weighted by Crippen LogP contribution is -2.38. The molecule has 4 rings (SSSR count). The fraction of sp³-hybridized carbons (Fsp3) is 0.421. The quantitative estimate of drug-likeness (QED) is 0.688. The van der Waals surface area contributed by atoms with Crippen LogP contribution in [0.5, 0.6) is 0 Å². The molecule has 136 valence electrons. The maximum atomic E-state index is 13.4. The van der Waals surface area contributed by atoms with Gasteiger partial charge in [0.15, 0.2) is 5.13 Å². The van der Waals surface area contributed by atoms with E-state index in [2.05, 4.69) is 5.10 Å². The lowest BCUT2D eigenvalue weighted by atomic mass is 10.2. The van der Waals surface area contributed by atoms with Gasteiger partial charge in [0, 0.05) is 13.2 Å². The van der Waals surface area contributed by atoms with Crippen molar-refractivity contribution >= 4 is 32.6 Å². The number of hydrogen-bond donors (Lipinski definition) is 0. The van der Waals surface area contributed by atoms with Crippen molar-refractivity contribution in [2.45, 2.75) is 39.3 Å². The van der Waals surface area contributed by atoms with Crippen LogP contribution < -0.4 is 4.90 Å². The van der Waals surface area contributed by atoms with E-state index in [0.29, 0.717) is 23.9 Å². The standard InChI is InChI=1S/C19H22N4O2S/c1-3-23-16(11-13(2)21-23)18(24)22(12-14-7-6-10-25-14)19-20-15-8-4-5-9-17(15)26-19/h4-5,8-9,11,14H,3,6-7,10,12H2,1-2H3. The molecule has 0 saturated carbocycles. The van der Waals surface area contributed by atoms with Gasteiger partial charge in [0.05, 0.1) is 28.6 Å². The Labute approximate surface area is 156 Å². The number of carbonyl (C=O) groups excluding carboxylic acids is 1. The molecule has 0 bridgehead atoms. The predicted molar refractivity (Wildman–Crippen MR) is 103 cm³/mol. The molecule has 1 aromatic carbocycles. The molecule has 1 aliphatic rings. The summed E-state index contributed by atoms with van der Waals surface area (Å²) in [5, 5.41) is 5.14. The third-order valence-electron chi connectivity index (χ3n) is 4.59. The number of anilines is 1. The van der Waals surface area contributed by atoms with E-state index in [4.69, 9.17) is 9.72 Å². The second kappa shape index (κ2) is 7.17. The number of benzene rings is 1. The second-order valence-electron chi connectivity index (χ2n) is 6.50. The molecule has 1 unspecified atom stereocenters. The molecule has 0 spiro atoms. The van der Waals surface area contributed by atoms with Crippen molar-refractivity contribution in [1.29, 1.82) is 0 Å². The van der Waals surface area contributed by atoms with Crippen LogP contribution in [0.3, 0.4) is 0 Å². The molecule has 3 heterocycles. The molecule has 0 radical (unpaired) electrons. The highest BCUT2D eigenvalue weighted by Crippen LogP contribution is 2.30. The van der Waals surface area contributed by atoms with Crippen molar-refractivity contribution in [3.05, 3.63) is 41.7 Å². The SMILES string of the molecule is CCn1nc(C)cc1C(=O)N(CC1CCCO1)c1nc2ccccc2s1. The zero-order valence-corrected chi connectivity index (χ0v) is 15.8. The van der Waals surface area contributed by atoms with Crippen LogP contribution in [0, 0.1) is 6.92 Å². The average molecular weight is 370 g/mol. The summed E-state index contributed by atoms with van der Waals surface area (Å²) in [6.07, 6.45) is 2.07. The number of rotatable bonds is 5. The maximum absolute atomic E-state index is 13.4. The fourth-order valence-electron chi connectivity index (χ4n) is 3.31. The van der Waals surface area contributed by atoms with Gasteiger partial charge in [0.25, 0.3) is 5.91 Å². The molecule has 3 aromatic rings. The Kier molecular flexibility index (Phi) is 4.74. The van der Waals surface area contributed by atoms with Gasteiger partial charge in [-0.15, -0.1) is 0 Å². The van der Waals surface area contributed by atoms with Crippen molar-refractivity contribution in [2.24, 2.45) is 0 Å². The lowest BCUT2D eigenvalue weighted by Gasteiger charge is -2.23. The van der Waals surface area contributed by atoms with Gasteiger partial charge in [-0.2, -0.15) is 5.10 Å².